The summed E-state index contributed by atoms with van der Waals surface area (Å²) in [4.78, 5) is 26.4. The van der Waals surface area contributed by atoms with Crippen molar-refractivity contribution in [3.63, 3.8) is 0 Å². The first-order valence-electron chi connectivity index (χ1n) is 9.20. The van der Waals surface area contributed by atoms with Crippen LogP contribution >= 0.6 is 0 Å². The van der Waals surface area contributed by atoms with Crippen molar-refractivity contribution in [2.45, 2.75) is 20.0 Å². The number of rotatable bonds is 7. The van der Waals surface area contributed by atoms with E-state index in [1.807, 2.05) is 6.92 Å². The molecule has 1 atom stereocenters. The molecule has 7 heteroatoms. The van der Waals surface area contributed by atoms with Crippen molar-refractivity contribution < 1.29 is 23.8 Å². The van der Waals surface area contributed by atoms with E-state index in [2.05, 4.69) is 11.9 Å². The Balaban J connectivity index is 1.70. The average molecular weight is 396 g/mol. The highest BCUT2D eigenvalue weighted by Crippen LogP contribution is 2.36. The SMILES string of the molecule is C=C(C)CN1C(=O)C(C)Oc2ccc(NC(=O)COc3cccc(OC)c3)cc21. The Morgan fingerprint density at radius 2 is 2.00 bits per heavy atom. The number of methoxy groups -OCH3 is 1. The Morgan fingerprint density at radius 3 is 2.72 bits per heavy atom. The average Bonchev–Trinajstić information content (AvgIpc) is 2.70. The molecule has 0 aliphatic carbocycles. The molecule has 1 heterocycles. The Labute approximate surface area is 169 Å². The quantitative estimate of drug-likeness (QED) is 0.726. The molecule has 0 fully saturated rings. The summed E-state index contributed by atoms with van der Waals surface area (Å²) in [6, 6.07) is 12.2. The predicted octanol–water partition coefficient (Wildman–Crippen LogP) is 3.40. The fourth-order valence-corrected chi connectivity index (χ4v) is 2.95. The molecule has 0 aromatic heterocycles. The molecule has 0 saturated heterocycles. The van der Waals surface area contributed by atoms with Crippen LogP contribution in [0.2, 0.25) is 0 Å². The minimum absolute atomic E-state index is 0.148. The molecular weight excluding hydrogens is 372 g/mol. The summed E-state index contributed by atoms with van der Waals surface area (Å²) in [6.07, 6.45) is -0.571. The van der Waals surface area contributed by atoms with Gasteiger partial charge in [0.2, 0.25) is 0 Å². The molecule has 3 rings (SSSR count). The van der Waals surface area contributed by atoms with E-state index in [9.17, 15) is 9.59 Å². The maximum Gasteiger partial charge on any atom is 0.268 e. The number of nitrogens with zero attached hydrogens (tertiary/aromatic N) is 1. The number of hydrogen-bond donors (Lipinski definition) is 1. The van der Waals surface area contributed by atoms with Gasteiger partial charge in [-0.25, -0.2) is 0 Å². The molecule has 0 bridgehead atoms. The number of anilines is 2. The molecule has 0 radical (unpaired) electrons. The maximum absolute atomic E-state index is 12.5. The number of fused-ring (bicyclic) bond motifs is 1. The van der Waals surface area contributed by atoms with Gasteiger partial charge >= 0.3 is 0 Å². The van der Waals surface area contributed by atoms with Crippen LogP contribution in [0.1, 0.15) is 13.8 Å². The first-order valence-corrected chi connectivity index (χ1v) is 9.20. The van der Waals surface area contributed by atoms with Gasteiger partial charge in [0.1, 0.15) is 17.2 Å². The Hall–Kier alpha value is -3.48. The molecular formula is C22H24N2O5. The lowest BCUT2D eigenvalue weighted by Gasteiger charge is -2.33. The normalized spacial score (nSPS) is 15.2. The second-order valence-electron chi connectivity index (χ2n) is 6.84. The number of hydrogen-bond acceptors (Lipinski definition) is 5. The van der Waals surface area contributed by atoms with Crippen LogP contribution in [0.5, 0.6) is 17.2 Å². The summed E-state index contributed by atoms with van der Waals surface area (Å²) < 4.78 is 16.3. The summed E-state index contributed by atoms with van der Waals surface area (Å²) in [5.74, 6) is 1.30. The van der Waals surface area contributed by atoms with Gasteiger partial charge in [-0.15, -0.1) is 0 Å². The van der Waals surface area contributed by atoms with Crippen molar-refractivity contribution in [2.75, 3.05) is 30.5 Å². The highest BCUT2D eigenvalue weighted by atomic mass is 16.5. The van der Waals surface area contributed by atoms with Gasteiger partial charge in [0.15, 0.2) is 12.7 Å². The number of benzene rings is 2. The molecule has 29 heavy (non-hydrogen) atoms. The van der Waals surface area contributed by atoms with Gasteiger partial charge in [-0.05, 0) is 44.2 Å². The summed E-state index contributed by atoms with van der Waals surface area (Å²) in [5.41, 5.74) is 1.99. The highest BCUT2D eigenvalue weighted by molar-refractivity contribution is 6.01. The number of carbonyl (C=O) groups excluding carboxylic acids is 2. The lowest BCUT2D eigenvalue weighted by Crippen LogP contribution is -2.45. The van der Waals surface area contributed by atoms with Crippen LogP contribution in [-0.4, -0.2) is 38.2 Å². The molecule has 152 valence electrons. The summed E-state index contributed by atoms with van der Waals surface area (Å²) in [5, 5.41) is 2.78. The lowest BCUT2D eigenvalue weighted by atomic mass is 10.1. The van der Waals surface area contributed by atoms with Crippen LogP contribution in [-0.2, 0) is 9.59 Å². The summed E-state index contributed by atoms with van der Waals surface area (Å²) >= 11 is 0. The number of ether oxygens (including phenoxy) is 3. The molecule has 1 unspecified atom stereocenters. The van der Waals surface area contributed by atoms with Crippen LogP contribution in [0.3, 0.4) is 0 Å². The fraction of sp³-hybridized carbons (Fsp3) is 0.273. The maximum atomic E-state index is 12.5. The van der Waals surface area contributed by atoms with Crippen LogP contribution in [0.4, 0.5) is 11.4 Å². The van der Waals surface area contributed by atoms with Crippen molar-refractivity contribution in [2.24, 2.45) is 0 Å². The number of amides is 2. The number of nitrogens with one attached hydrogen (secondary N) is 1. The molecule has 2 amide bonds. The lowest BCUT2D eigenvalue weighted by molar-refractivity contribution is -0.125. The molecule has 0 spiro atoms. The second kappa shape index (κ2) is 8.68. The van der Waals surface area contributed by atoms with Gasteiger partial charge in [-0.2, -0.15) is 0 Å². The molecule has 1 N–H and O–H groups in total. The Morgan fingerprint density at radius 1 is 1.24 bits per heavy atom. The minimum atomic E-state index is -0.571. The van der Waals surface area contributed by atoms with Gasteiger partial charge in [-0.3, -0.25) is 9.59 Å². The molecule has 2 aromatic rings. The summed E-state index contributed by atoms with van der Waals surface area (Å²) in [6.45, 7) is 7.68. The largest absolute Gasteiger partial charge is 0.497 e. The zero-order valence-corrected chi connectivity index (χ0v) is 16.7. The Bertz CT molecular complexity index is 941. The standard InChI is InChI=1S/C22H24N2O5/c1-14(2)12-24-19-10-16(8-9-20(19)29-15(3)22(24)26)23-21(25)13-28-18-7-5-6-17(11-18)27-4/h5-11,15H,1,12-13H2,2-4H3,(H,23,25). The van der Waals surface area contributed by atoms with Crippen molar-refractivity contribution in [3.05, 3.63) is 54.6 Å². The Kier molecular flexibility index (Phi) is 6.07. The molecule has 1 aliphatic rings. The predicted molar refractivity (Wildman–Crippen MR) is 111 cm³/mol. The van der Waals surface area contributed by atoms with Crippen molar-refractivity contribution in [1.82, 2.24) is 0 Å². The van der Waals surface area contributed by atoms with Gasteiger partial charge < -0.3 is 24.4 Å². The third-order valence-corrected chi connectivity index (χ3v) is 4.29. The van der Waals surface area contributed by atoms with E-state index in [1.165, 1.54) is 0 Å². The third-order valence-electron chi connectivity index (χ3n) is 4.29. The monoisotopic (exact) mass is 396 g/mol. The van der Waals surface area contributed by atoms with E-state index in [0.29, 0.717) is 35.2 Å². The van der Waals surface area contributed by atoms with Crippen molar-refractivity contribution in [3.8, 4) is 17.2 Å². The highest BCUT2D eigenvalue weighted by Gasteiger charge is 2.31. The number of carbonyl (C=O) groups is 2. The van der Waals surface area contributed by atoms with E-state index in [4.69, 9.17) is 14.2 Å². The summed E-state index contributed by atoms with van der Waals surface area (Å²) in [7, 11) is 1.56. The van der Waals surface area contributed by atoms with Gasteiger partial charge in [0.05, 0.1) is 12.8 Å². The van der Waals surface area contributed by atoms with Gasteiger partial charge in [0.25, 0.3) is 11.8 Å². The third kappa shape index (κ3) is 4.87. The first-order chi connectivity index (χ1) is 13.9. The van der Waals surface area contributed by atoms with Gasteiger partial charge in [-0.1, -0.05) is 18.2 Å². The zero-order chi connectivity index (χ0) is 21.0. The molecule has 2 aromatic carbocycles. The molecule has 1 aliphatic heterocycles. The molecule has 7 nitrogen and oxygen atoms in total. The van der Waals surface area contributed by atoms with Crippen LogP contribution in [0, 0.1) is 0 Å². The van der Waals surface area contributed by atoms with Crippen LogP contribution in [0.25, 0.3) is 0 Å². The van der Waals surface area contributed by atoms with Crippen LogP contribution in [0.15, 0.2) is 54.6 Å². The van der Waals surface area contributed by atoms with E-state index >= 15 is 0 Å². The van der Waals surface area contributed by atoms with Crippen molar-refractivity contribution >= 4 is 23.2 Å². The van der Waals surface area contributed by atoms with E-state index in [1.54, 1.807) is 61.4 Å². The molecule has 0 saturated carbocycles. The van der Waals surface area contributed by atoms with Crippen molar-refractivity contribution in [1.29, 1.82) is 0 Å². The fourth-order valence-electron chi connectivity index (χ4n) is 2.95. The second-order valence-corrected chi connectivity index (χ2v) is 6.84. The topological polar surface area (TPSA) is 77.1 Å². The first kappa shape index (κ1) is 20.3. The van der Waals surface area contributed by atoms with Crippen LogP contribution < -0.4 is 24.4 Å². The van der Waals surface area contributed by atoms with E-state index in [0.717, 1.165) is 5.57 Å². The minimum Gasteiger partial charge on any atom is -0.497 e. The zero-order valence-electron chi connectivity index (χ0n) is 16.7. The van der Waals surface area contributed by atoms with E-state index < -0.39 is 6.10 Å². The van der Waals surface area contributed by atoms with E-state index in [-0.39, 0.29) is 18.4 Å². The van der Waals surface area contributed by atoms with Gasteiger partial charge in [0, 0.05) is 18.3 Å². The smallest absolute Gasteiger partial charge is 0.268 e.